The number of rotatable bonds is 5. The molecule has 0 aliphatic rings. The molecule has 2 nitrogen and oxygen atoms in total. The van der Waals surface area contributed by atoms with Gasteiger partial charge in [0.2, 0.25) is 0 Å². The van der Waals surface area contributed by atoms with Crippen LogP contribution in [0.5, 0.6) is 5.75 Å². The summed E-state index contributed by atoms with van der Waals surface area (Å²) in [5.41, 5.74) is 2.59. The minimum absolute atomic E-state index is 0.301. The lowest BCUT2D eigenvalue weighted by Gasteiger charge is -2.20. The first-order valence-corrected chi connectivity index (χ1v) is 7.07. The Morgan fingerprint density at radius 3 is 2.56 bits per heavy atom. The smallest absolute Gasteiger partial charge is 0.119 e. The van der Waals surface area contributed by atoms with Gasteiger partial charge in [-0.25, -0.2) is 0 Å². The molecule has 0 spiro atoms. The van der Waals surface area contributed by atoms with E-state index in [0.717, 1.165) is 5.75 Å². The van der Waals surface area contributed by atoms with E-state index in [1.807, 2.05) is 12.1 Å². The van der Waals surface area contributed by atoms with E-state index in [1.165, 1.54) is 11.1 Å². The molecule has 2 aromatic rings. The highest BCUT2D eigenvalue weighted by Gasteiger charge is 2.11. The van der Waals surface area contributed by atoms with Gasteiger partial charge in [-0.2, -0.15) is 11.3 Å². The van der Waals surface area contributed by atoms with Crippen LogP contribution in [0.15, 0.2) is 41.1 Å². The summed E-state index contributed by atoms with van der Waals surface area (Å²) < 4.78 is 5.26. The Morgan fingerprint density at radius 1 is 1.11 bits per heavy atom. The average molecular weight is 261 g/mol. The average Bonchev–Trinajstić information content (AvgIpc) is 2.92. The second-order valence-corrected chi connectivity index (χ2v) is 5.22. The van der Waals surface area contributed by atoms with Crippen molar-refractivity contribution in [3.05, 3.63) is 52.2 Å². The van der Waals surface area contributed by atoms with E-state index in [1.54, 1.807) is 18.4 Å². The summed E-state index contributed by atoms with van der Waals surface area (Å²) in [6.45, 7) is 4.37. The topological polar surface area (TPSA) is 21.3 Å². The number of nitrogens with one attached hydrogen (secondary N) is 1. The Morgan fingerprint density at radius 2 is 1.89 bits per heavy atom. The lowest BCUT2D eigenvalue weighted by Crippen LogP contribution is -2.22. The molecule has 1 aromatic heterocycles. The number of thiophene rings is 1. The van der Waals surface area contributed by atoms with Crippen LogP contribution in [-0.2, 0) is 0 Å². The van der Waals surface area contributed by atoms with Gasteiger partial charge in [-0.3, -0.25) is 0 Å². The lowest BCUT2D eigenvalue weighted by atomic mass is 10.1. The van der Waals surface area contributed by atoms with Crippen molar-refractivity contribution < 1.29 is 4.74 Å². The highest BCUT2D eigenvalue weighted by Crippen LogP contribution is 2.23. The van der Waals surface area contributed by atoms with Crippen molar-refractivity contribution in [1.82, 2.24) is 5.32 Å². The maximum absolute atomic E-state index is 5.26. The van der Waals surface area contributed by atoms with Gasteiger partial charge in [0.05, 0.1) is 7.11 Å². The number of benzene rings is 1. The molecule has 0 aliphatic heterocycles. The second-order valence-electron chi connectivity index (χ2n) is 4.44. The van der Waals surface area contributed by atoms with Crippen LogP contribution >= 0.6 is 11.3 Å². The molecule has 2 atom stereocenters. The molecule has 0 fully saturated rings. The van der Waals surface area contributed by atoms with Gasteiger partial charge in [0.1, 0.15) is 5.75 Å². The molecule has 0 radical (unpaired) electrons. The zero-order valence-corrected chi connectivity index (χ0v) is 11.8. The van der Waals surface area contributed by atoms with Gasteiger partial charge in [0.15, 0.2) is 0 Å². The molecular weight excluding hydrogens is 242 g/mol. The molecule has 2 rings (SSSR count). The maximum atomic E-state index is 5.26. The van der Waals surface area contributed by atoms with Crippen LogP contribution in [0.4, 0.5) is 0 Å². The second kappa shape index (κ2) is 6.03. The van der Waals surface area contributed by atoms with Crippen molar-refractivity contribution in [3.63, 3.8) is 0 Å². The first kappa shape index (κ1) is 13.1. The number of hydrogen-bond donors (Lipinski definition) is 1. The molecular formula is C15H19NOS. The zero-order chi connectivity index (χ0) is 13.0. The van der Waals surface area contributed by atoms with Crippen molar-refractivity contribution in [2.45, 2.75) is 25.9 Å². The Balaban J connectivity index is 2.04. The molecule has 1 heterocycles. The SMILES string of the molecule is COc1cccc(C(C)NC(C)c2ccsc2)c1. The standard InChI is InChI=1S/C15H19NOS/c1-11(13-5-4-6-15(9-13)17-3)16-12(2)14-7-8-18-10-14/h4-12,16H,1-3H3. The first-order chi connectivity index (χ1) is 8.70. The normalized spacial score (nSPS) is 14.2. The monoisotopic (exact) mass is 261 g/mol. The van der Waals surface area contributed by atoms with Gasteiger partial charge in [-0.1, -0.05) is 12.1 Å². The predicted octanol–water partition coefficient (Wildman–Crippen LogP) is 4.17. The van der Waals surface area contributed by atoms with Crippen LogP contribution < -0.4 is 10.1 Å². The van der Waals surface area contributed by atoms with Crippen LogP contribution in [0.25, 0.3) is 0 Å². The number of hydrogen-bond acceptors (Lipinski definition) is 3. The van der Waals surface area contributed by atoms with Crippen LogP contribution in [0.2, 0.25) is 0 Å². The fourth-order valence-corrected chi connectivity index (χ4v) is 2.75. The number of ether oxygens (including phenoxy) is 1. The third-order valence-corrected chi connectivity index (χ3v) is 3.84. The molecule has 18 heavy (non-hydrogen) atoms. The zero-order valence-electron chi connectivity index (χ0n) is 11.0. The molecule has 2 unspecified atom stereocenters. The van der Waals surface area contributed by atoms with Gasteiger partial charge < -0.3 is 10.1 Å². The molecule has 0 bridgehead atoms. The molecule has 0 saturated carbocycles. The minimum Gasteiger partial charge on any atom is -0.497 e. The summed E-state index contributed by atoms with van der Waals surface area (Å²) in [5.74, 6) is 0.907. The summed E-state index contributed by atoms with van der Waals surface area (Å²) in [6, 6.07) is 11.0. The Bertz CT molecular complexity index is 481. The summed E-state index contributed by atoms with van der Waals surface area (Å²) >= 11 is 1.74. The summed E-state index contributed by atoms with van der Waals surface area (Å²) in [4.78, 5) is 0. The summed E-state index contributed by atoms with van der Waals surface area (Å²) in [6.07, 6.45) is 0. The molecule has 1 aromatic carbocycles. The highest BCUT2D eigenvalue weighted by molar-refractivity contribution is 7.07. The molecule has 1 N–H and O–H groups in total. The van der Waals surface area contributed by atoms with E-state index >= 15 is 0 Å². The molecule has 0 aliphatic carbocycles. The van der Waals surface area contributed by atoms with E-state index in [2.05, 4.69) is 48.1 Å². The fraction of sp³-hybridized carbons (Fsp3) is 0.333. The van der Waals surface area contributed by atoms with Crippen LogP contribution in [0, 0.1) is 0 Å². The molecule has 0 amide bonds. The van der Waals surface area contributed by atoms with Crippen molar-refractivity contribution in [2.24, 2.45) is 0 Å². The van der Waals surface area contributed by atoms with Gasteiger partial charge in [0, 0.05) is 12.1 Å². The largest absolute Gasteiger partial charge is 0.497 e. The van der Waals surface area contributed by atoms with Crippen LogP contribution in [-0.4, -0.2) is 7.11 Å². The third-order valence-electron chi connectivity index (χ3n) is 3.14. The number of methoxy groups -OCH3 is 1. The Hall–Kier alpha value is -1.32. The van der Waals surface area contributed by atoms with Crippen molar-refractivity contribution in [1.29, 1.82) is 0 Å². The Kier molecular flexibility index (Phi) is 4.39. The Labute approximate surface area is 113 Å². The van der Waals surface area contributed by atoms with E-state index in [9.17, 15) is 0 Å². The maximum Gasteiger partial charge on any atom is 0.119 e. The van der Waals surface area contributed by atoms with E-state index in [0.29, 0.717) is 12.1 Å². The third kappa shape index (κ3) is 3.12. The van der Waals surface area contributed by atoms with E-state index < -0.39 is 0 Å². The van der Waals surface area contributed by atoms with Gasteiger partial charge in [-0.05, 0) is 53.9 Å². The molecule has 3 heteroatoms. The van der Waals surface area contributed by atoms with E-state index in [-0.39, 0.29) is 0 Å². The molecule has 96 valence electrons. The van der Waals surface area contributed by atoms with Crippen molar-refractivity contribution in [2.75, 3.05) is 7.11 Å². The highest BCUT2D eigenvalue weighted by atomic mass is 32.1. The predicted molar refractivity (Wildman–Crippen MR) is 77.3 cm³/mol. The van der Waals surface area contributed by atoms with Crippen LogP contribution in [0.1, 0.15) is 37.1 Å². The summed E-state index contributed by atoms with van der Waals surface area (Å²) in [7, 11) is 1.70. The van der Waals surface area contributed by atoms with Gasteiger partial charge >= 0.3 is 0 Å². The lowest BCUT2D eigenvalue weighted by molar-refractivity contribution is 0.412. The van der Waals surface area contributed by atoms with Gasteiger partial charge in [-0.15, -0.1) is 0 Å². The van der Waals surface area contributed by atoms with Crippen LogP contribution in [0.3, 0.4) is 0 Å². The minimum atomic E-state index is 0.301. The van der Waals surface area contributed by atoms with Crippen molar-refractivity contribution in [3.8, 4) is 5.75 Å². The fourth-order valence-electron chi connectivity index (χ4n) is 2.00. The quantitative estimate of drug-likeness (QED) is 0.872. The van der Waals surface area contributed by atoms with Crippen molar-refractivity contribution >= 4 is 11.3 Å². The van der Waals surface area contributed by atoms with Gasteiger partial charge in [0.25, 0.3) is 0 Å². The molecule has 0 saturated heterocycles. The first-order valence-electron chi connectivity index (χ1n) is 6.13. The summed E-state index contributed by atoms with van der Waals surface area (Å²) in [5, 5.41) is 7.91. The van der Waals surface area contributed by atoms with E-state index in [4.69, 9.17) is 4.74 Å².